The summed E-state index contributed by atoms with van der Waals surface area (Å²) in [5.41, 5.74) is 5.19. The normalized spacial score (nSPS) is 14.5. The maximum absolute atomic E-state index is 12.2. The van der Waals surface area contributed by atoms with Gasteiger partial charge >= 0.3 is 6.18 Å². The molecule has 0 aromatic carbocycles. The van der Waals surface area contributed by atoms with E-state index in [1.54, 1.807) is 6.92 Å². The third-order valence-electron chi connectivity index (χ3n) is 2.10. The van der Waals surface area contributed by atoms with Gasteiger partial charge < -0.3 is 15.8 Å². The molecule has 17 heavy (non-hydrogen) atoms. The Balaban J connectivity index is 4.76. The van der Waals surface area contributed by atoms with Crippen molar-refractivity contribution in [3.05, 3.63) is 0 Å². The number of alkyl halides is 3. The van der Waals surface area contributed by atoms with Crippen LogP contribution in [-0.2, 0) is 4.79 Å². The van der Waals surface area contributed by atoms with Crippen molar-refractivity contribution in [2.45, 2.75) is 26.4 Å². The minimum absolute atomic E-state index is 0.0264. The van der Waals surface area contributed by atoms with E-state index < -0.39 is 30.4 Å². The summed E-state index contributed by atoms with van der Waals surface area (Å²) < 4.78 is 36.7. The fraction of sp³-hybridized carbons (Fsp3) is 0.778. The lowest BCUT2D eigenvalue weighted by atomic mass is 10.1. The topological polar surface area (TPSA) is 78.9 Å². The van der Waals surface area contributed by atoms with Crippen molar-refractivity contribution in [3.8, 4) is 0 Å². The molecule has 0 radical (unpaired) electrons. The van der Waals surface area contributed by atoms with E-state index in [-0.39, 0.29) is 6.54 Å². The zero-order chi connectivity index (χ0) is 13.6. The number of rotatable bonds is 5. The zero-order valence-corrected chi connectivity index (χ0v) is 9.66. The van der Waals surface area contributed by atoms with Gasteiger partial charge in [0.25, 0.3) is 0 Å². The molecule has 0 aliphatic heterocycles. The number of hydrogen-bond donors (Lipinski definition) is 2. The summed E-state index contributed by atoms with van der Waals surface area (Å²) in [6.07, 6.45) is -4.07. The van der Waals surface area contributed by atoms with Gasteiger partial charge in [-0.25, -0.2) is 0 Å². The standard InChI is InChI=1S/C9H16F3N3O2/c1-3-4-15(5-9(10,11)12)8(16)6(2)7(13)14-17/h6,17H,3-5H2,1-2H3,(H2,13,14). The molecular weight excluding hydrogens is 239 g/mol. The van der Waals surface area contributed by atoms with E-state index in [9.17, 15) is 18.0 Å². The van der Waals surface area contributed by atoms with Crippen LogP contribution in [0, 0.1) is 5.92 Å². The lowest BCUT2D eigenvalue weighted by Gasteiger charge is -2.25. The van der Waals surface area contributed by atoms with E-state index in [0.717, 1.165) is 0 Å². The number of carbonyl (C=O) groups excluding carboxylic acids is 1. The van der Waals surface area contributed by atoms with Gasteiger partial charge in [0.1, 0.15) is 6.54 Å². The summed E-state index contributed by atoms with van der Waals surface area (Å²) in [5, 5.41) is 11.0. The number of nitrogens with zero attached hydrogens (tertiary/aromatic N) is 2. The van der Waals surface area contributed by atoms with Crippen LogP contribution in [0.5, 0.6) is 0 Å². The van der Waals surface area contributed by atoms with Crippen molar-refractivity contribution >= 4 is 11.7 Å². The Hall–Kier alpha value is -1.47. The molecule has 0 heterocycles. The van der Waals surface area contributed by atoms with Crippen LogP contribution in [0.15, 0.2) is 5.16 Å². The molecule has 5 nitrogen and oxygen atoms in total. The van der Waals surface area contributed by atoms with Gasteiger partial charge in [0.2, 0.25) is 5.91 Å². The molecule has 0 bridgehead atoms. The van der Waals surface area contributed by atoms with E-state index in [0.29, 0.717) is 11.3 Å². The minimum atomic E-state index is -4.46. The fourth-order valence-electron chi connectivity index (χ4n) is 1.24. The lowest BCUT2D eigenvalue weighted by Crippen LogP contribution is -2.45. The highest BCUT2D eigenvalue weighted by Crippen LogP contribution is 2.18. The van der Waals surface area contributed by atoms with Gasteiger partial charge in [-0.2, -0.15) is 13.2 Å². The number of halogens is 3. The largest absolute Gasteiger partial charge is 0.409 e. The summed E-state index contributed by atoms with van der Waals surface area (Å²) in [6.45, 7) is 1.59. The molecule has 100 valence electrons. The lowest BCUT2D eigenvalue weighted by molar-refractivity contribution is -0.162. The molecule has 0 saturated heterocycles. The Bertz CT molecular complexity index is 292. The highest BCUT2D eigenvalue weighted by atomic mass is 19.4. The first kappa shape index (κ1) is 15.5. The van der Waals surface area contributed by atoms with Gasteiger partial charge in [-0.3, -0.25) is 4.79 Å². The van der Waals surface area contributed by atoms with Gasteiger partial charge in [0, 0.05) is 6.54 Å². The highest BCUT2D eigenvalue weighted by Gasteiger charge is 2.34. The van der Waals surface area contributed by atoms with E-state index in [1.807, 2.05) is 0 Å². The molecule has 0 aliphatic rings. The third-order valence-corrected chi connectivity index (χ3v) is 2.10. The quantitative estimate of drug-likeness (QED) is 0.335. The molecule has 0 aromatic rings. The van der Waals surface area contributed by atoms with Crippen molar-refractivity contribution < 1.29 is 23.2 Å². The molecule has 0 fully saturated rings. The molecule has 0 aliphatic carbocycles. The molecule has 0 rings (SSSR count). The van der Waals surface area contributed by atoms with E-state index >= 15 is 0 Å². The predicted molar refractivity (Wildman–Crippen MR) is 55.5 cm³/mol. The number of amides is 1. The highest BCUT2D eigenvalue weighted by molar-refractivity contribution is 6.01. The number of hydrogen-bond acceptors (Lipinski definition) is 3. The summed E-state index contributed by atoms with van der Waals surface area (Å²) in [6, 6.07) is 0. The smallest absolute Gasteiger partial charge is 0.406 e. The molecular formula is C9H16F3N3O2. The second-order valence-corrected chi connectivity index (χ2v) is 3.62. The Morgan fingerprint density at radius 2 is 2.06 bits per heavy atom. The average molecular weight is 255 g/mol. The summed E-state index contributed by atoms with van der Waals surface area (Å²) in [7, 11) is 0. The minimum Gasteiger partial charge on any atom is -0.409 e. The molecule has 3 N–H and O–H groups in total. The van der Waals surface area contributed by atoms with Crippen molar-refractivity contribution in [2.75, 3.05) is 13.1 Å². The van der Waals surface area contributed by atoms with Gasteiger partial charge in [-0.15, -0.1) is 0 Å². The SMILES string of the molecule is CCCN(CC(F)(F)F)C(=O)C(C)C(N)=NO. The summed E-state index contributed by atoms with van der Waals surface area (Å²) in [4.78, 5) is 12.3. The second kappa shape index (κ2) is 6.31. The Labute approximate surface area is 97.1 Å². The molecule has 0 aromatic heterocycles. The molecule has 8 heteroatoms. The van der Waals surface area contributed by atoms with Crippen molar-refractivity contribution in [3.63, 3.8) is 0 Å². The third kappa shape index (κ3) is 5.41. The Morgan fingerprint density at radius 1 is 1.53 bits per heavy atom. The van der Waals surface area contributed by atoms with E-state index in [2.05, 4.69) is 5.16 Å². The van der Waals surface area contributed by atoms with Crippen LogP contribution in [0.25, 0.3) is 0 Å². The van der Waals surface area contributed by atoms with E-state index in [4.69, 9.17) is 10.9 Å². The molecule has 1 atom stereocenters. The predicted octanol–water partition coefficient (Wildman–Crippen LogP) is 1.17. The van der Waals surface area contributed by atoms with Gasteiger partial charge in [-0.1, -0.05) is 12.1 Å². The van der Waals surface area contributed by atoms with Crippen LogP contribution < -0.4 is 5.73 Å². The second-order valence-electron chi connectivity index (χ2n) is 3.62. The molecule has 0 spiro atoms. The summed E-state index contributed by atoms with van der Waals surface area (Å²) >= 11 is 0. The summed E-state index contributed by atoms with van der Waals surface area (Å²) in [5.74, 6) is -2.29. The van der Waals surface area contributed by atoms with Crippen LogP contribution in [0.1, 0.15) is 20.3 Å². The molecule has 1 unspecified atom stereocenters. The Kier molecular flexibility index (Phi) is 5.77. The number of carbonyl (C=O) groups is 1. The monoisotopic (exact) mass is 255 g/mol. The molecule has 0 saturated carbocycles. The average Bonchev–Trinajstić information content (AvgIpc) is 2.23. The van der Waals surface area contributed by atoms with Crippen LogP contribution in [0.3, 0.4) is 0 Å². The van der Waals surface area contributed by atoms with Gasteiger partial charge in [0.05, 0.1) is 5.92 Å². The maximum atomic E-state index is 12.2. The first-order valence-electron chi connectivity index (χ1n) is 5.05. The maximum Gasteiger partial charge on any atom is 0.406 e. The first-order valence-corrected chi connectivity index (χ1v) is 5.05. The van der Waals surface area contributed by atoms with Gasteiger partial charge in [-0.05, 0) is 13.3 Å². The van der Waals surface area contributed by atoms with Crippen LogP contribution in [0.4, 0.5) is 13.2 Å². The van der Waals surface area contributed by atoms with Gasteiger partial charge in [0.15, 0.2) is 5.84 Å². The number of nitrogens with two attached hydrogens (primary N) is 1. The van der Waals surface area contributed by atoms with Crippen molar-refractivity contribution in [1.29, 1.82) is 0 Å². The zero-order valence-electron chi connectivity index (χ0n) is 9.66. The van der Waals surface area contributed by atoms with E-state index in [1.165, 1.54) is 6.92 Å². The van der Waals surface area contributed by atoms with Crippen molar-refractivity contribution in [1.82, 2.24) is 4.90 Å². The van der Waals surface area contributed by atoms with Crippen molar-refractivity contribution in [2.24, 2.45) is 16.8 Å². The number of amidine groups is 1. The van der Waals surface area contributed by atoms with Crippen LogP contribution in [-0.4, -0.2) is 41.1 Å². The fourth-order valence-corrected chi connectivity index (χ4v) is 1.24. The van der Waals surface area contributed by atoms with Crippen LogP contribution >= 0.6 is 0 Å². The number of oxime groups is 1. The first-order chi connectivity index (χ1) is 7.72. The Morgan fingerprint density at radius 3 is 2.41 bits per heavy atom. The molecule has 1 amide bonds. The van der Waals surface area contributed by atoms with Crippen LogP contribution in [0.2, 0.25) is 0 Å².